The molecule has 0 saturated carbocycles. The van der Waals surface area contributed by atoms with Gasteiger partial charge in [0.25, 0.3) is 0 Å². The van der Waals surface area contributed by atoms with Crippen molar-refractivity contribution in [3.05, 3.63) is 24.0 Å². The van der Waals surface area contributed by atoms with Crippen LogP contribution in [0.25, 0.3) is 11.0 Å². The summed E-state index contributed by atoms with van der Waals surface area (Å²) >= 11 is 6.07. The number of halogens is 1. The first-order chi connectivity index (χ1) is 9.62. The predicted octanol–water partition coefficient (Wildman–Crippen LogP) is 3.63. The van der Waals surface area contributed by atoms with E-state index in [-0.39, 0.29) is 6.04 Å². The van der Waals surface area contributed by atoms with Crippen molar-refractivity contribution < 1.29 is 9.47 Å². The van der Waals surface area contributed by atoms with Crippen molar-refractivity contribution >= 4 is 22.6 Å². The topological polar surface area (TPSA) is 36.3 Å². The largest absolute Gasteiger partial charge is 0.497 e. The van der Waals surface area contributed by atoms with E-state index in [1.807, 2.05) is 18.2 Å². The predicted molar refractivity (Wildman–Crippen MR) is 81.6 cm³/mol. The lowest BCUT2D eigenvalue weighted by Gasteiger charge is -2.24. The fourth-order valence-corrected chi connectivity index (χ4v) is 2.64. The van der Waals surface area contributed by atoms with E-state index in [2.05, 4.69) is 23.4 Å². The summed E-state index contributed by atoms with van der Waals surface area (Å²) in [5.41, 5.74) is 1.97. The Balaban J connectivity index is 2.63. The van der Waals surface area contributed by atoms with Crippen LogP contribution in [0.3, 0.4) is 0 Å². The number of alkyl halides is 1. The van der Waals surface area contributed by atoms with Crippen LogP contribution in [0.4, 0.5) is 0 Å². The zero-order valence-corrected chi connectivity index (χ0v) is 13.1. The Morgan fingerprint density at radius 1 is 1.30 bits per heavy atom. The molecular weight excluding hydrogens is 276 g/mol. The second-order valence-electron chi connectivity index (χ2n) is 5.15. The van der Waals surface area contributed by atoms with Gasteiger partial charge in [-0.05, 0) is 18.1 Å². The minimum atomic E-state index is 0.200. The molecule has 0 saturated heterocycles. The van der Waals surface area contributed by atoms with Crippen LogP contribution >= 0.6 is 11.6 Å². The molecule has 0 aliphatic rings. The summed E-state index contributed by atoms with van der Waals surface area (Å²) in [5, 5.41) is 0. The molecule has 0 fully saturated rings. The van der Waals surface area contributed by atoms with Crippen molar-refractivity contribution in [2.75, 3.05) is 20.8 Å². The number of rotatable bonds is 6. The monoisotopic (exact) mass is 296 g/mol. The molecule has 1 aromatic heterocycles. The third-order valence-electron chi connectivity index (χ3n) is 3.53. The minimum absolute atomic E-state index is 0.200. The van der Waals surface area contributed by atoms with Crippen LogP contribution in [0.5, 0.6) is 5.75 Å². The second-order valence-corrected chi connectivity index (χ2v) is 5.42. The van der Waals surface area contributed by atoms with E-state index < -0.39 is 0 Å². The lowest BCUT2D eigenvalue weighted by atomic mass is 10.0. The molecule has 1 heterocycles. The van der Waals surface area contributed by atoms with Crippen molar-refractivity contribution in [2.45, 2.75) is 25.8 Å². The lowest BCUT2D eigenvalue weighted by Crippen LogP contribution is -2.22. The molecule has 0 amide bonds. The van der Waals surface area contributed by atoms with Gasteiger partial charge in [-0.15, -0.1) is 11.6 Å². The van der Waals surface area contributed by atoms with Crippen LogP contribution in [0, 0.1) is 5.92 Å². The summed E-state index contributed by atoms with van der Waals surface area (Å²) in [6.07, 6.45) is 0. The van der Waals surface area contributed by atoms with Crippen molar-refractivity contribution in [3.8, 4) is 5.75 Å². The number of fused-ring (bicyclic) bond motifs is 1. The Hall–Kier alpha value is -1.26. The molecule has 110 valence electrons. The highest BCUT2D eigenvalue weighted by Crippen LogP contribution is 2.29. The van der Waals surface area contributed by atoms with Gasteiger partial charge in [-0.25, -0.2) is 4.98 Å². The number of hydrogen-bond acceptors (Lipinski definition) is 3. The van der Waals surface area contributed by atoms with Crippen LogP contribution in [-0.2, 0) is 10.6 Å². The highest BCUT2D eigenvalue weighted by Gasteiger charge is 2.22. The molecule has 0 radical (unpaired) electrons. The number of ether oxygens (including phenoxy) is 2. The van der Waals surface area contributed by atoms with Gasteiger partial charge in [0.2, 0.25) is 0 Å². The molecule has 1 atom stereocenters. The van der Waals surface area contributed by atoms with Gasteiger partial charge in [0.05, 0.1) is 36.7 Å². The van der Waals surface area contributed by atoms with Crippen molar-refractivity contribution in [1.29, 1.82) is 0 Å². The summed E-state index contributed by atoms with van der Waals surface area (Å²) in [6.45, 7) is 4.98. The summed E-state index contributed by atoms with van der Waals surface area (Å²) in [5.74, 6) is 2.48. The maximum atomic E-state index is 6.07. The summed E-state index contributed by atoms with van der Waals surface area (Å²) in [7, 11) is 3.38. The fourth-order valence-electron chi connectivity index (χ4n) is 2.45. The van der Waals surface area contributed by atoms with Crippen molar-refractivity contribution in [1.82, 2.24) is 9.55 Å². The number of benzene rings is 1. The first-order valence-corrected chi connectivity index (χ1v) is 7.25. The molecule has 0 aliphatic carbocycles. The zero-order chi connectivity index (χ0) is 14.7. The summed E-state index contributed by atoms with van der Waals surface area (Å²) in [4.78, 5) is 4.61. The Morgan fingerprint density at radius 3 is 2.60 bits per heavy atom. The normalized spacial score (nSPS) is 13.1. The third kappa shape index (κ3) is 2.76. The summed E-state index contributed by atoms with van der Waals surface area (Å²) in [6, 6.07) is 6.08. The molecule has 0 spiro atoms. The van der Waals surface area contributed by atoms with Crippen LogP contribution in [0.2, 0.25) is 0 Å². The number of imidazole rings is 1. The van der Waals surface area contributed by atoms with E-state index in [4.69, 9.17) is 21.1 Å². The standard InChI is InChI=1S/C15H21ClN2O2/c1-10(2)14(9-19-3)18-13-7-11(20-4)5-6-12(13)17-15(18)8-16/h5-7,10,14H,8-9H2,1-4H3. The van der Waals surface area contributed by atoms with Gasteiger partial charge in [-0.1, -0.05) is 13.8 Å². The molecule has 1 aromatic carbocycles. The van der Waals surface area contributed by atoms with Gasteiger partial charge in [0.1, 0.15) is 11.6 Å². The number of nitrogens with zero attached hydrogens (tertiary/aromatic N) is 2. The maximum Gasteiger partial charge on any atom is 0.125 e. The van der Waals surface area contributed by atoms with Crippen LogP contribution < -0.4 is 4.74 Å². The molecule has 1 unspecified atom stereocenters. The van der Waals surface area contributed by atoms with E-state index in [1.54, 1.807) is 14.2 Å². The van der Waals surface area contributed by atoms with E-state index in [0.29, 0.717) is 18.4 Å². The molecule has 0 N–H and O–H groups in total. The maximum absolute atomic E-state index is 6.07. The van der Waals surface area contributed by atoms with E-state index >= 15 is 0 Å². The summed E-state index contributed by atoms with van der Waals surface area (Å²) < 4.78 is 12.9. The molecular formula is C15H21ClN2O2. The molecule has 20 heavy (non-hydrogen) atoms. The Morgan fingerprint density at radius 2 is 2.05 bits per heavy atom. The third-order valence-corrected chi connectivity index (χ3v) is 3.77. The molecule has 0 aliphatic heterocycles. The first kappa shape index (κ1) is 15.1. The van der Waals surface area contributed by atoms with E-state index in [9.17, 15) is 0 Å². The van der Waals surface area contributed by atoms with Crippen LogP contribution in [0.15, 0.2) is 18.2 Å². The number of hydrogen-bond donors (Lipinski definition) is 0. The quantitative estimate of drug-likeness (QED) is 0.764. The van der Waals surface area contributed by atoms with Crippen LogP contribution in [-0.4, -0.2) is 30.4 Å². The van der Waals surface area contributed by atoms with E-state index in [1.165, 1.54) is 0 Å². The van der Waals surface area contributed by atoms with Gasteiger partial charge in [0, 0.05) is 13.2 Å². The molecule has 4 nitrogen and oxygen atoms in total. The van der Waals surface area contributed by atoms with Gasteiger partial charge in [0.15, 0.2) is 0 Å². The SMILES string of the molecule is COCC(C(C)C)n1c(CCl)nc2ccc(OC)cc21. The van der Waals surface area contributed by atoms with Crippen LogP contribution in [0.1, 0.15) is 25.7 Å². The number of methoxy groups -OCH3 is 2. The molecule has 2 rings (SSSR count). The highest BCUT2D eigenvalue weighted by molar-refractivity contribution is 6.16. The first-order valence-electron chi connectivity index (χ1n) is 6.72. The van der Waals surface area contributed by atoms with Crippen molar-refractivity contribution in [2.24, 2.45) is 5.92 Å². The van der Waals surface area contributed by atoms with Gasteiger partial charge >= 0.3 is 0 Å². The molecule has 0 bridgehead atoms. The Labute approximate surface area is 124 Å². The van der Waals surface area contributed by atoms with Gasteiger partial charge < -0.3 is 14.0 Å². The fraction of sp³-hybridized carbons (Fsp3) is 0.533. The lowest BCUT2D eigenvalue weighted by molar-refractivity contribution is 0.134. The molecule has 2 aromatic rings. The second kappa shape index (κ2) is 6.46. The van der Waals surface area contributed by atoms with Crippen molar-refractivity contribution in [3.63, 3.8) is 0 Å². The Bertz CT molecular complexity index is 581. The van der Waals surface area contributed by atoms with Gasteiger partial charge in [-0.3, -0.25) is 0 Å². The Kier molecular flexibility index (Phi) is 4.89. The average molecular weight is 297 g/mol. The molecule has 5 heteroatoms. The zero-order valence-electron chi connectivity index (χ0n) is 12.4. The van der Waals surface area contributed by atoms with Gasteiger partial charge in [-0.2, -0.15) is 0 Å². The number of aromatic nitrogens is 2. The van der Waals surface area contributed by atoms with E-state index in [0.717, 1.165) is 22.6 Å². The smallest absolute Gasteiger partial charge is 0.125 e. The average Bonchev–Trinajstić information content (AvgIpc) is 2.81. The highest BCUT2D eigenvalue weighted by atomic mass is 35.5. The minimum Gasteiger partial charge on any atom is -0.497 e.